The maximum Gasteiger partial charge on any atom is 0.328 e. The van der Waals surface area contributed by atoms with Crippen LogP contribution in [0.1, 0.15) is 32.3 Å². The number of benzene rings is 1. The molecule has 0 spiro atoms. The van der Waals surface area contributed by atoms with Gasteiger partial charge >= 0.3 is 5.97 Å². The zero-order valence-corrected chi connectivity index (χ0v) is 12.6. The molecular formula is C16H20ClNO2. The molecule has 1 heterocycles. The third kappa shape index (κ3) is 3.54. The Morgan fingerprint density at radius 3 is 2.80 bits per heavy atom. The molecule has 1 fully saturated rings. The highest BCUT2D eigenvalue weighted by Gasteiger charge is 2.24. The topological polar surface area (TPSA) is 40.5 Å². The summed E-state index contributed by atoms with van der Waals surface area (Å²) < 4.78 is 0. The van der Waals surface area contributed by atoms with Gasteiger partial charge in [-0.2, -0.15) is 0 Å². The second-order valence-electron chi connectivity index (χ2n) is 5.57. The van der Waals surface area contributed by atoms with Gasteiger partial charge in [-0.15, -0.1) is 0 Å². The van der Waals surface area contributed by atoms with Crippen LogP contribution in [0.4, 0.5) is 5.69 Å². The van der Waals surface area contributed by atoms with E-state index in [1.807, 2.05) is 18.2 Å². The number of nitrogens with zero attached hydrogens (tertiary/aromatic N) is 1. The summed E-state index contributed by atoms with van der Waals surface area (Å²) in [6.07, 6.45) is 5.12. The summed E-state index contributed by atoms with van der Waals surface area (Å²) in [4.78, 5) is 12.9. The van der Waals surface area contributed by atoms with Gasteiger partial charge in [0.2, 0.25) is 0 Å². The van der Waals surface area contributed by atoms with Gasteiger partial charge in [0.05, 0.1) is 10.7 Å². The number of aliphatic carboxylic acids is 1. The molecule has 0 amide bonds. The molecule has 1 aliphatic heterocycles. The molecule has 2 atom stereocenters. The van der Waals surface area contributed by atoms with Gasteiger partial charge in [0.15, 0.2) is 0 Å². The van der Waals surface area contributed by atoms with E-state index >= 15 is 0 Å². The lowest BCUT2D eigenvalue weighted by Crippen LogP contribution is -2.41. The number of carbonyl (C=O) groups is 1. The van der Waals surface area contributed by atoms with E-state index in [9.17, 15) is 4.79 Å². The molecule has 0 bridgehead atoms. The van der Waals surface area contributed by atoms with Crippen molar-refractivity contribution in [2.24, 2.45) is 5.92 Å². The van der Waals surface area contributed by atoms with Crippen molar-refractivity contribution in [2.45, 2.75) is 32.7 Å². The first-order valence-corrected chi connectivity index (χ1v) is 7.32. The number of rotatable bonds is 3. The Balaban J connectivity index is 2.22. The van der Waals surface area contributed by atoms with E-state index in [1.165, 1.54) is 12.8 Å². The van der Waals surface area contributed by atoms with Gasteiger partial charge in [-0.1, -0.05) is 24.6 Å². The summed E-state index contributed by atoms with van der Waals surface area (Å²) in [6.45, 7) is 5.50. The molecule has 2 unspecified atom stereocenters. The Kier molecular flexibility index (Phi) is 4.71. The number of hydrogen-bond acceptors (Lipinski definition) is 2. The zero-order valence-electron chi connectivity index (χ0n) is 11.8. The predicted octanol–water partition coefficient (Wildman–Crippen LogP) is 4.06. The molecular weight excluding hydrogens is 274 g/mol. The molecule has 0 aliphatic carbocycles. The van der Waals surface area contributed by atoms with Crippen LogP contribution in [0.25, 0.3) is 6.08 Å². The van der Waals surface area contributed by atoms with E-state index in [0.29, 0.717) is 17.0 Å². The number of carboxylic acids is 1. The van der Waals surface area contributed by atoms with E-state index in [4.69, 9.17) is 16.7 Å². The van der Waals surface area contributed by atoms with Crippen LogP contribution in [0.5, 0.6) is 0 Å². The van der Waals surface area contributed by atoms with Crippen LogP contribution in [-0.2, 0) is 4.79 Å². The third-order valence-corrected chi connectivity index (χ3v) is 4.12. The lowest BCUT2D eigenvalue weighted by atomic mass is 9.94. The summed E-state index contributed by atoms with van der Waals surface area (Å²) in [6, 6.07) is 6.21. The van der Waals surface area contributed by atoms with Crippen LogP contribution in [0.15, 0.2) is 24.3 Å². The molecule has 0 aromatic heterocycles. The molecule has 20 heavy (non-hydrogen) atoms. The van der Waals surface area contributed by atoms with Gasteiger partial charge in [-0.05, 0) is 49.5 Å². The summed E-state index contributed by atoms with van der Waals surface area (Å²) in [7, 11) is 0. The molecule has 1 aliphatic rings. The van der Waals surface area contributed by atoms with Crippen molar-refractivity contribution in [3.05, 3.63) is 34.9 Å². The van der Waals surface area contributed by atoms with Crippen molar-refractivity contribution < 1.29 is 9.90 Å². The minimum Gasteiger partial charge on any atom is -0.478 e. The Morgan fingerprint density at radius 2 is 2.15 bits per heavy atom. The minimum absolute atomic E-state index is 0.490. The Hall–Kier alpha value is -1.48. The quantitative estimate of drug-likeness (QED) is 0.854. The van der Waals surface area contributed by atoms with Crippen LogP contribution in [-0.4, -0.2) is 23.7 Å². The summed E-state index contributed by atoms with van der Waals surface area (Å²) >= 11 is 6.37. The predicted molar refractivity (Wildman–Crippen MR) is 83.3 cm³/mol. The fourth-order valence-electron chi connectivity index (χ4n) is 2.65. The number of halogens is 1. The Morgan fingerprint density at radius 1 is 1.40 bits per heavy atom. The maximum absolute atomic E-state index is 10.5. The van der Waals surface area contributed by atoms with Crippen molar-refractivity contribution in [1.82, 2.24) is 0 Å². The summed E-state index contributed by atoms with van der Waals surface area (Å²) in [5.41, 5.74) is 1.84. The number of hydrogen-bond donors (Lipinski definition) is 1. The van der Waals surface area contributed by atoms with Crippen molar-refractivity contribution >= 4 is 29.3 Å². The molecule has 1 aromatic carbocycles. The standard InChI is InChI=1S/C16H20ClNO2/c1-11-3-4-12(2)18(10-11)15-7-5-13(9-14(15)17)6-8-16(19)20/h5-9,11-12H,3-4,10H2,1-2H3,(H,19,20)/b8-6+. The van der Waals surface area contributed by atoms with Gasteiger partial charge in [-0.25, -0.2) is 4.79 Å². The van der Waals surface area contributed by atoms with Gasteiger partial charge in [-0.3, -0.25) is 0 Å². The largest absolute Gasteiger partial charge is 0.478 e. The van der Waals surface area contributed by atoms with Crippen molar-refractivity contribution in [3.8, 4) is 0 Å². The second kappa shape index (κ2) is 6.31. The molecule has 4 heteroatoms. The normalized spacial score (nSPS) is 23.2. The smallest absolute Gasteiger partial charge is 0.328 e. The molecule has 1 aromatic rings. The fraction of sp³-hybridized carbons (Fsp3) is 0.438. The summed E-state index contributed by atoms with van der Waals surface area (Å²) in [5.74, 6) is -0.280. The highest BCUT2D eigenvalue weighted by atomic mass is 35.5. The highest BCUT2D eigenvalue weighted by molar-refractivity contribution is 6.33. The number of piperidine rings is 1. The van der Waals surface area contributed by atoms with Crippen molar-refractivity contribution in [1.29, 1.82) is 0 Å². The lowest BCUT2D eigenvalue weighted by Gasteiger charge is -2.39. The number of anilines is 1. The first kappa shape index (κ1) is 14.9. The highest BCUT2D eigenvalue weighted by Crippen LogP contribution is 2.33. The third-order valence-electron chi connectivity index (χ3n) is 3.82. The minimum atomic E-state index is -0.955. The van der Waals surface area contributed by atoms with Gasteiger partial charge < -0.3 is 10.0 Å². The number of carboxylic acid groups (broad SMARTS) is 1. The lowest BCUT2D eigenvalue weighted by molar-refractivity contribution is -0.131. The fourth-order valence-corrected chi connectivity index (χ4v) is 2.95. The van der Waals surface area contributed by atoms with Crippen LogP contribution in [0, 0.1) is 5.92 Å². The second-order valence-corrected chi connectivity index (χ2v) is 5.97. The van der Waals surface area contributed by atoms with Crippen LogP contribution in [0.3, 0.4) is 0 Å². The first-order valence-electron chi connectivity index (χ1n) is 6.94. The van der Waals surface area contributed by atoms with Gasteiger partial charge in [0.1, 0.15) is 0 Å². The van der Waals surface area contributed by atoms with Crippen LogP contribution >= 0.6 is 11.6 Å². The molecule has 0 saturated carbocycles. The van der Waals surface area contributed by atoms with Crippen molar-refractivity contribution in [3.63, 3.8) is 0 Å². The van der Waals surface area contributed by atoms with Crippen LogP contribution in [0.2, 0.25) is 5.02 Å². The molecule has 1 saturated heterocycles. The van der Waals surface area contributed by atoms with Crippen molar-refractivity contribution in [2.75, 3.05) is 11.4 Å². The molecule has 0 radical (unpaired) electrons. The zero-order chi connectivity index (χ0) is 14.7. The van der Waals surface area contributed by atoms with E-state index in [0.717, 1.165) is 23.9 Å². The summed E-state index contributed by atoms with van der Waals surface area (Å²) in [5, 5.41) is 9.32. The Labute approximate surface area is 124 Å². The average Bonchev–Trinajstić information content (AvgIpc) is 2.39. The SMILES string of the molecule is CC1CCC(C)N(c2ccc(/C=C/C(=O)O)cc2Cl)C1. The van der Waals surface area contributed by atoms with E-state index in [-0.39, 0.29) is 0 Å². The Bertz CT molecular complexity index is 527. The molecule has 108 valence electrons. The molecule has 1 N–H and O–H groups in total. The molecule has 2 rings (SSSR count). The monoisotopic (exact) mass is 293 g/mol. The van der Waals surface area contributed by atoms with Gasteiger partial charge in [0.25, 0.3) is 0 Å². The average molecular weight is 294 g/mol. The van der Waals surface area contributed by atoms with E-state index < -0.39 is 5.97 Å². The van der Waals surface area contributed by atoms with Gasteiger partial charge in [0, 0.05) is 18.7 Å². The van der Waals surface area contributed by atoms with Crippen LogP contribution < -0.4 is 4.90 Å². The first-order chi connectivity index (χ1) is 9.47. The van der Waals surface area contributed by atoms with E-state index in [2.05, 4.69) is 18.7 Å². The maximum atomic E-state index is 10.5. The molecule has 3 nitrogen and oxygen atoms in total. The van der Waals surface area contributed by atoms with E-state index in [1.54, 1.807) is 6.08 Å².